The van der Waals surface area contributed by atoms with Crippen LogP contribution in [0.1, 0.15) is 39.6 Å². The lowest BCUT2D eigenvalue weighted by atomic mass is 10.0. The van der Waals surface area contributed by atoms with Crippen LogP contribution >= 0.6 is 0 Å². The van der Waals surface area contributed by atoms with Gasteiger partial charge in [-0.1, -0.05) is 31.2 Å². The molecule has 2 N–H and O–H groups in total. The van der Waals surface area contributed by atoms with E-state index in [0.717, 1.165) is 6.42 Å². The zero-order valence-electron chi connectivity index (χ0n) is 8.80. The molecule has 4 heteroatoms. The van der Waals surface area contributed by atoms with E-state index in [9.17, 15) is 9.59 Å². The first-order valence-corrected chi connectivity index (χ1v) is 4.84. The molecule has 0 unspecified atom stereocenters. The Kier molecular flexibility index (Phi) is 3.83. The Bertz CT molecular complexity index is 446. The summed E-state index contributed by atoms with van der Waals surface area (Å²) >= 11 is 0. The Morgan fingerprint density at radius 3 is 2.44 bits per heavy atom. The molecule has 1 aromatic carbocycles. The lowest BCUT2D eigenvalue weighted by Crippen LogP contribution is -2.09. The summed E-state index contributed by atoms with van der Waals surface area (Å²) in [4.78, 5) is 21.9. The number of hydrogen-bond donors (Lipinski definition) is 2. The van der Waals surface area contributed by atoms with E-state index in [1.54, 1.807) is 18.2 Å². The smallest absolute Gasteiger partial charge is 0.337 e. The van der Waals surface area contributed by atoms with Gasteiger partial charge >= 0.3 is 11.9 Å². The molecule has 16 heavy (non-hydrogen) atoms. The fourth-order valence-corrected chi connectivity index (χ4v) is 1.37. The number of aromatic carboxylic acids is 2. The summed E-state index contributed by atoms with van der Waals surface area (Å²) in [6, 6.07) is 4.41. The molecule has 0 aliphatic heterocycles. The first-order chi connectivity index (χ1) is 7.57. The van der Waals surface area contributed by atoms with Gasteiger partial charge in [-0.25, -0.2) is 9.59 Å². The summed E-state index contributed by atoms with van der Waals surface area (Å²) < 4.78 is 0. The normalized spacial score (nSPS) is 10.6. The van der Waals surface area contributed by atoms with Crippen molar-refractivity contribution >= 4 is 18.0 Å². The Morgan fingerprint density at radius 1 is 1.25 bits per heavy atom. The summed E-state index contributed by atoms with van der Waals surface area (Å²) in [6.07, 6.45) is 4.17. The maximum Gasteiger partial charge on any atom is 0.337 e. The van der Waals surface area contributed by atoms with Gasteiger partial charge in [0.2, 0.25) is 0 Å². The van der Waals surface area contributed by atoms with Crippen molar-refractivity contribution in [2.45, 2.75) is 13.3 Å². The molecule has 0 saturated heterocycles. The van der Waals surface area contributed by atoms with E-state index in [2.05, 4.69) is 0 Å². The summed E-state index contributed by atoms with van der Waals surface area (Å²) in [5.74, 6) is -2.46. The van der Waals surface area contributed by atoms with Gasteiger partial charge in [-0.2, -0.15) is 0 Å². The van der Waals surface area contributed by atoms with Gasteiger partial charge in [0.1, 0.15) is 0 Å². The van der Waals surface area contributed by atoms with Crippen molar-refractivity contribution in [1.29, 1.82) is 0 Å². The first kappa shape index (κ1) is 12.0. The van der Waals surface area contributed by atoms with E-state index >= 15 is 0 Å². The molecule has 0 saturated carbocycles. The van der Waals surface area contributed by atoms with Gasteiger partial charge in [0.05, 0.1) is 11.1 Å². The Hall–Kier alpha value is -2.10. The summed E-state index contributed by atoms with van der Waals surface area (Å²) in [7, 11) is 0. The van der Waals surface area contributed by atoms with Crippen molar-refractivity contribution in [2.75, 3.05) is 0 Å². The highest BCUT2D eigenvalue weighted by atomic mass is 16.4. The summed E-state index contributed by atoms with van der Waals surface area (Å²) in [6.45, 7) is 1.91. The summed E-state index contributed by atoms with van der Waals surface area (Å²) in [5, 5.41) is 17.9. The highest BCUT2D eigenvalue weighted by Crippen LogP contribution is 2.17. The number of carboxylic acid groups (broad SMARTS) is 2. The summed E-state index contributed by atoms with van der Waals surface area (Å²) in [5.41, 5.74) is 0.0553. The minimum absolute atomic E-state index is 0.167. The molecular formula is C12H12O4. The molecule has 1 aromatic rings. The highest BCUT2D eigenvalue weighted by Gasteiger charge is 2.18. The van der Waals surface area contributed by atoms with Crippen LogP contribution in [0.4, 0.5) is 0 Å². The number of benzene rings is 1. The van der Waals surface area contributed by atoms with Crippen LogP contribution in [0, 0.1) is 0 Å². The molecule has 0 bridgehead atoms. The van der Waals surface area contributed by atoms with Crippen LogP contribution in [0.3, 0.4) is 0 Å². The van der Waals surface area contributed by atoms with Gasteiger partial charge in [0.15, 0.2) is 0 Å². The van der Waals surface area contributed by atoms with Crippen molar-refractivity contribution in [2.24, 2.45) is 0 Å². The van der Waals surface area contributed by atoms with Crippen LogP contribution in [0.5, 0.6) is 0 Å². The standard InChI is InChI=1S/C12H12O4/c1-2-3-5-8-6-4-7-9(11(13)14)10(8)12(15)16/h3-7H,2H2,1H3,(H,13,14)(H,15,16). The maximum absolute atomic E-state index is 11.0. The van der Waals surface area contributed by atoms with E-state index in [0.29, 0.717) is 5.56 Å². The molecule has 1 rings (SSSR count). The Morgan fingerprint density at radius 2 is 1.94 bits per heavy atom. The number of hydrogen-bond acceptors (Lipinski definition) is 2. The second-order valence-electron chi connectivity index (χ2n) is 3.19. The van der Waals surface area contributed by atoms with E-state index < -0.39 is 11.9 Å². The monoisotopic (exact) mass is 220 g/mol. The van der Waals surface area contributed by atoms with Crippen molar-refractivity contribution in [1.82, 2.24) is 0 Å². The second-order valence-corrected chi connectivity index (χ2v) is 3.19. The van der Waals surface area contributed by atoms with E-state index in [1.807, 2.05) is 6.92 Å². The Labute approximate surface area is 92.8 Å². The van der Waals surface area contributed by atoms with Gasteiger partial charge in [0.25, 0.3) is 0 Å². The van der Waals surface area contributed by atoms with Crippen LogP contribution in [-0.2, 0) is 0 Å². The van der Waals surface area contributed by atoms with Gasteiger partial charge < -0.3 is 10.2 Å². The number of allylic oxidation sites excluding steroid dienone is 1. The second kappa shape index (κ2) is 5.11. The average molecular weight is 220 g/mol. The maximum atomic E-state index is 11.0. The molecule has 0 atom stereocenters. The lowest BCUT2D eigenvalue weighted by molar-refractivity contribution is 0.0651. The lowest BCUT2D eigenvalue weighted by Gasteiger charge is -2.04. The van der Waals surface area contributed by atoms with E-state index in [-0.39, 0.29) is 11.1 Å². The molecule has 0 amide bonds. The third-order valence-corrected chi connectivity index (χ3v) is 2.07. The largest absolute Gasteiger partial charge is 0.478 e. The van der Waals surface area contributed by atoms with E-state index in [4.69, 9.17) is 10.2 Å². The van der Waals surface area contributed by atoms with Crippen LogP contribution in [0.15, 0.2) is 24.3 Å². The zero-order chi connectivity index (χ0) is 12.1. The minimum atomic E-state index is -1.23. The minimum Gasteiger partial charge on any atom is -0.478 e. The van der Waals surface area contributed by atoms with Crippen molar-refractivity contribution in [3.05, 3.63) is 41.0 Å². The van der Waals surface area contributed by atoms with Gasteiger partial charge in [0, 0.05) is 0 Å². The number of rotatable bonds is 4. The quantitative estimate of drug-likeness (QED) is 0.817. The van der Waals surface area contributed by atoms with Crippen LogP contribution in [0.25, 0.3) is 6.08 Å². The predicted octanol–water partition coefficient (Wildman–Crippen LogP) is 2.51. The molecule has 0 spiro atoms. The van der Waals surface area contributed by atoms with Crippen LogP contribution in [0.2, 0.25) is 0 Å². The molecule has 4 nitrogen and oxygen atoms in total. The molecule has 0 aliphatic rings. The van der Waals surface area contributed by atoms with Gasteiger partial charge in [-0.3, -0.25) is 0 Å². The highest BCUT2D eigenvalue weighted by molar-refractivity contribution is 6.04. The number of carboxylic acids is 2. The average Bonchev–Trinajstić information content (AvgIpc) is 2.25. The van der Waals surface area contributed by atoms with Crippen LogP contribution in [-0.4, -0.2) is 22.2 Å². The number of carbonyl (C=O) groups is 2. The zero-order valence-corrected chi connectivity index (χ0v) is 8.80. The van der Waals surface area contributed by atoms with Crippen molar-refractivity contribution < 1.29 is 19.8 Å². The molecular weight excluding hydrogens is 208 g/mol. The van der Waals surface area contributed by atoms with Gasteiger partial charge in [-0.15, -0.1) is 0 Å². The van der Waals surface area contributed by atoms with Crippen molar-refractivity contribution in [3.8, 4) is 0 Å². The molecule has 0 fully saturated rings. The molecule has 84 valence electrons. The SMILES string of the molecule is CCC=Cc1cccc(C(=O)O)c1C(=O)O. The third kappa shape index (κ3) is 2.48. The first-order valence-electron chi connectivity index (χ1n) is 4.84. The fraction of sp³-hybridized carbons (Fsp3) is 0.167. The third-order valence-electron chi connectivity index (χ3n) is 2.07. The van der Waals surface area contributed by atoms with Crippen molar-refractivity contribution in [3.63, 3.8) is 0 Å². The van der Waals surface area contributed by atoms with Crippen LogP contribution < -0.4 is 0 Å². The van der Waals surface area contributed by atoms with E-state index in [1.165, 1.54) is 12.1 Å². The fourth-order valence-electron chi connectivity index (χ4n) is 1.37. The molecule has 0 aromatic heterocycles. The molecule has 0 heterocycles. The Balaban J connectivity index is 3.38. The molecule has 0 radical (unpaired) electrons. The topological polar surface area (TPSA) is 74.6 Å². The molecule has 0 aliphatic carbocycles. The predicted molar refractivity (Wildman–Crippen MR) is 59.7 cm³/mol. The van der Waals surface area contributed by atoms with Gasteiger partial charge in [-0.05, 0) is 18.1 Å².